The molecule has 0 atom stereocenters. The van der Waals surface area contributed by atoms with Crippen molar-refractivity contribution >= 4 is 33.6 Å². The third-order valence-corrected chi connectivity index (χ3v) is 5.18. The molecule has 0 bridgehead atoms. The fourth-order valence-corrected chi connectivity index (χ4v) is 3.32. The molecule has 5 nitrogen and oxygen atoms in total. The Labute approximate surface area is 189 Å². The van der Waals surface area contributed by atoms with Gasteiger partial charge in [0.15, 0.2) is 0 Å². The van der Waals surface area contributed by atoms with Crippen molar-refractivity contribution in [2.24, 2.45) is 0 Å². The normalized spacial score (nSPS) is 11.1. The molecule has 162 valence electrons. The molecular weight excluding hydrogens is 497 g/mol. The molecule has 1 aromatic heterocycles. The van der Waals surface area contributed by atoms with Crippen LogP contribution >= 0.6 is 27.7 Å². The summed E-state index contributed by atoms with van der Waals surface area (Å²) in [4.78, 5) is 17.5. The van der Waals surface area contributed by atoms with Crippen molar-refractivity contribution in [3.63, 3.8) is 0 Å². The SMILES string of the molecule is CSc1cccc(Oc2ccc(C(=O)NCc3ccc(Br)cc3OC(F)(F)F)cn2)c1. The molecule has 3 rings (SSSR count). The average molecular weight is 513 g/mol. The van der Waals surface area contributed by atoms with Crippen molar-refractivity contribution in [1.29, 1.82) is 0 Å². The van der Waals surface area contributed by atoms with E-state index in [-0.39, 0.29) is 17.7 Å². The number of thioether (sulfide) groups is 1. The molecular formula is C21H16BrF3N2O3S. The van der Waals surface area contributed by atoms with Crippen LogP contribution in [0.5, 0.6) is 17.4 Å². The second kappa shape index (κ2) is 10.1. The first kappa shape index (κ1) is 23.0. The number of benzene rings is 2. The summed E-state index contributed by atoms with van der Waals surface area (Å²) in [6.45, 7) is -0.156. The Morgan fingerprint density at radius 1 is 1.16 bits per heavy atom. The zero-order valence-corrected chi connectivity index (χ0v) is 18.5. The van der Waals surface area contributed by atoms with Crippen LogP contribution in [0.15, 0.2) is 70.2 Å². The van der Waals surface area contributed by atoms with E-state index in [1.807, 2.05) is 24.5 Å². The van der Waals surface area contributed by atoms with Crippen LogP contribution in [0.2, 0.25) is 0 Å². The zero-order valence-electron chi connectivity index (χ0n) is 16.1. The van der Waals surface area contributed by atoms with Crippen molar-refractivity contribution in [2.45, 2.75) is 17.8 Å². The first-order chi connectivity index (χ1) is 14.7. The highest BCUT2D eigenvalue weighted by Gasteiger charge is 2.32. The molecule has 1 heterocycles. The largest absolute Gasteiger partial charge is 0.573 e. The van der Waals surface area contributed by atoms with Crippen molar-refractivity contribution < 1.29 is 27.4 Å². The summed E-state index contributed by atoms with van der Waals surface area (Å²) in [5.41, 5.74) is 0.413. The summed E-state index contributed by atoms with van der Waals surface area (Å²) in [7, 11) is 0. The smallest absolute Gasteiger partial charge is 0.439 e. The molecule has 0 aliphatic rings. The monoisotopic (exact) mass is 512 g/mol. The van der Waals surface area contributed by atoms with Gasteiger partial charge in [-0.1, -0.05) is 28.1 Å². The fourth-order valence-electron chi connectivity index (χ4n) is 2.53. The summed E-state index contributed by atoms with van der Waals surface area (Å²) in [6, 6.07) is 14.7. The lowest BCUT2D eigenvalue weighted by Gasteiger charge is -2.14. The molecule has 0 aliphatic heterocycles. The van der Waals surface area contributed by atoms with Gasteiger partial charge in [0.2, 0.25) is 5.88 Å². The molecule has 31 heavy (non-hydrogen) atoms. The lowest BCUT2D eigenvalue weighted by Crippen LogP contribution is -2.24. The van der Waals surface area contributed by atoms with E-state index in [4.69, 9.17) is 4.74 Å². The second-order valence-corrected chi connectivity index (χ2v) is 7.94. The number of carbonyl (C=O) groups is 1. The zero-order chi connectivity index (χ0) is 22.4. The van der Waals surface area contributed by atoms with E-state index in [1.165, 1.54) is 24.4 Å². The van der Waals surface area contributed by atoms with Crippen molar-refractivity contribution in [3.8, 4) is 17.4 Å². The van der Waals surface area contributed by atoms with Gasteiger partial charge < -0.3 is 14.8 Å². The van der Waals surface area contributed by atoms with Gasteiger partial charge >= 0.3 is 6.36 Å². The predicted molar refractivity (Wildman–Crippen MR) is 115 cm³/mol. The first-order valence-electron chi connectivity index (χ1n) is 8.84. The number of hydrogen-bond donors (Lipinski definition) is 1. The fraction of sp³-hybridized carbons (Fsp3) is 0.143. The van der Waals surface area contributed by atoms with E-state index in [0.717, 1.165) is 4.90 Å². The number of pyridine rings is 1. The van der Waals surface area contributed by atoms with Gasteiger partial charge in [0.05, 0.1) is 5.56 Å². The minimum atomic E-state index is -4.84. The number of carbonyl (C=O) groups excluding carboxylic acids is 1. The van der Waals surface area contributed by atoms with Gasteiger partial charge in [-0.15, -0.1) is 24.9 Å². The second-order valence-electron chi connectivity index (χ2n) is 6.15. The van der Waals surface area contributed by atoms with Gasteiger partial charge in [-0.25, -0.2) is 4.98 Å². The number of aromatic nitrogens is 1. The Morgan fingerprint density at radius 3 is 2.65 bits per heavy atom. The molecule has 1 N–H and O–H groups in total. The number of amides is 1. The number of hydrogen-bond acceptors (Lipinski definition) is 5. The maximum Gasteiger partial charge on any atom is 0.573 e. The number of ether oxygens (including phenoxy) is 2. The van der Waals surface area contributed by atoms with Gasteiger partial charge in [0, 0.05) is 33.7 Å². The van der Waals surface area contributed by atoms with E-state index in [1.54, 1.807) is 30.0 Å². The van der Waals surface area contributed by atoms with Crippen LogP contribution in [0.25, 0.3) is 0 Å². The Balaban J connectivity index is 1.64. The summed E-state index contributed by atoms with van der Waals surface area (Å²) >= 11 is 4.68. The Kier molecular flexibility index (Phi) is 7.45. The van der Waals surface area contributed by atoms with Crippen LogP contribution in [-0.4, -0.2) is 23.5 Å². The van der Waals surface area contributed by atoms with Crippen molar-refractivity contribution in [1.82, 2.24) is 10.3 Å². The highest BCUT2D eigenvalue weighted by molar-refractivity contribution is 9.10. The van der Waals surface area contributed by atoms with E-state index < -0.39 is 18.0 Å². The number of rotatable bonds is 7. The summed E-state index contributed by atoms with van der Waals surface area (Å²) in [6.07, 6.45) is -1.55. The van der Waals surface area contributed by atoms with E-state index in [9.17, 15) is 18.0 Å². The molecule has 0 unspecified atom stereocenters. The van der Waals surface area contributed by atoms with Crippen molar-refractivity contribution in [2.75, 3.05) is 6.26 Å². The van der Waals surface area contributed by atoms with E-state index in [0.29, 0.717) is 16.1 Å². The average Bonchev–Trinajstić information content (AvgIpc) is 2.72. The van der Waals surface area contributed by atoms with Crippen LogP contribution < -0.4 is 14.8 Å². The van der Waals surface area contributed by atoms with Gasteiger partial charge in [0.25, 0.3) is 5.91 Å². The summed E-state index contributed by atoms with van der Waals surface area (Å²) < 4.78 is 47.9. The molecule has 0 radical (unpaired) electrons. The van der Waals surface area contributed by atoms with E-state index >= 15 is 0 Å². The Bertz CT molecular complexity index is 1060. The Morgan fingerprint density at radius 2 is 1.97 bits per heavy atom. The topological polar surface area (TPSA) is 60.5 Å². The molecule has 2 aromatic carbocycles. The third-order valence-electron chi connectivity index (χ3n) is 3.96. The van der Waals surface area contributed by atoms with Gasteiger partial charge in [-0.2, -0.15) is 0 Å². The quantitative estimate of drug-likeness (QED) is 0.382. The lowest BCUT2D eigenvalue weighted by molar-refractivity contribution is -0.274. The van der Waals surface area contributed by atoms with Crippen molar-refractivity contribution in [3.05, 3.63) is 76.4 Å². The van der Waals surface area contributed by atoms with Gasteiger partial charge in [0.1, 0.15) is 11.5 Å². The maximum absolute atomic E-state index is 12.6. The summed E-state index contributed by atoms with van der Waals surface area (Å²) in [5.74, 6) is 0.0355. The lowest BCUT2D eigenvalue weighted by atomic mass is 10.2. The standard InChI is InChI=1S/C21H16BrF3N2O3S/c1-31-17-4-2-3-16(10-17)29-19-8-6-14(12-26-19)20(28)27-11-13-5-7-15(22)9-18(13)30-21(23,24)25/h2-10,12H,11H2,1H3,(H,27,28). The molecule has 1 amide bonds. The Hall–Kier alpha value is -2.72. The van der Waals surface area contributed by atoms with Crippen LogP contribution in [0.4, 0.5) is 13.2 Å². The molecule has 0 saturated carbocycles. The molecule has 0 aliphatic carbocycles. The molecule has 0 fully saturated rings. The molecule has 10 heteroatoms. The number of nitrogens with zero attached hydrogens (tertiary/aromatic N) is 1. The van der Waals surface area contributed by atoms with Crippen LogP contribution in [-0.2, 0) is 6.54 Å². The predicted octanol–water partition coefficient (Wildman–Crippen LogP) is 6.19. The van der Waals surface area contributed by atoms with Crippen LogP contribution in [0.3, 0.4) is 0 Å². The van der Waals surface area contributed by atoms with Gasteiger partial charge in [-0.05, 0) is 42.7 Å². The highest BCUT2D eigenvalue weighted by atomic mass is 79.9. The number of alkyl halides is 3. The van der Waals surface area contributed by atoms with Crippen LogP contribution in [0.1, 0.15) is 15.9 Å². The molecule has 3 aromatic rings. The maximum atomic E-state index is 12.6. The van der Waals surface area contributed by atoms with Crippen LogP contribution in [0, 0.1) is 0 Å². The molecule has 0 saturated heterocycles. The highest BCUT2D eigenvalue weighted by Crippen LogP contribution is 2.29. The minimum absolute atomic E-state index is 0.156. The minimum Gasteiger partial charge on any atom is -0.439 e. The first-order valence-corrected chi connectivity index (χ1v) is 10.9. The number of nitrogens with one attached hydrogen (secondary N) is 1. The summed E-state index contributed by atoms with van der Waals surface area (Å²) in [5, 5.41) is 2.56. The van der Waals surface area contributed by atoms with Gasteiger partial charge in [-0.3, -0.25) is 4.79 Å². The third kappa shape index (κ3) is 6.90. The number of halogens is 4. The molecule has 0 spiro atoms. The van der Waals surface area contributed by atoms with E-state index in [2.05, 4.69) is 31.0 Å².